The van der Waals surface area contributed by atoms with E-state index in [0.717, 1.165) is 10.2 Å². The van der Waals surface area contributed by atoms with E-state index in [9.17, 15) is 9.59 Å². The van der Waals surface area contributed by atoms with Gasteiger partial charge in [0.05, 0.1) is 23.7 Å². The van der Waals surface area contributed by atoms with Gasteiger partial charge in [0.1, 0.15) is 11.8 Å². The van der Waals surface area contributed by atoms with Crippen LogP contribution in [0.15, 0.2) is 53.5 Å². The highest BCUT2D eigenvalue weighted by molar-refractivity contribution is 7.22. The first-order chi connectivity index (χ1) is 13.6. The van der Waals surface area contributed by atoms with Crippen LogP contribution in [0.4, 0.5) is 10.8 Å². The summed E-state index contributed by atoms with van der Waals surface area (Å²) in [7, 11) is 1.55. The molecule has 8 nitrogen and oxygen atoms in total. The van der Waals surface area contributed by atoms with Crippen LogP contribution in [-0.4, -0.2) is 35.9 Å². The molecule has 2 amide bonds. The molecule has 1 aliphatic heterocycles. The smallest absolute Gasteiger partial charge is 0.249 e. The molecule has 0 saturated carbocycles. The number of hydrogen-bond acceptors (Lipinski definition) is 7. The van der Waals surface area contributed by atoms with Crippen LogP contribution in [0.2, 0.25) is 0 Å². The van der Waals surface area contributed by atoms with Crippen molar-refractivity contribution in [2.45, 2.75) is 12.5 Å². The molecular formula is C19H17N5O3S. The van der Waals surface area contributed by atoms with Crippen LogP contribution in [0.5, 0.6) is 5.75 Å². The first-order valence-corrected chi connectivity index (χ1v) is 9.37. The van der Waals surface area contributed by atoms with E-state index in [2.05, 4.69) is 25.9 Å². The van der Waals surface area contributed by atoms with E-state index >= 15 is 0 Å². The van der Waals surface area contributed by atoms with E-state index in [0.29, 0.717) is 16.6 Å². The number of carbonyl (C=O) groups is 2. The van der Waals surface area contributed by atoms with Crippen LogP contribution in [0.1, 0.15) is 6.42 Å². The fourth-order valence-corrected chi connectivity index (χ4v) is 3.63. The molecule has 0 spiro atoms. The van der Waals surface area contributed by atoms with Crippen molar-refractivity contribution in [3.05, 3.63) is 48.5 Å². The van der Waals surface area contributed by atoms with E-state index < -0.39 is 6.04 Å². The summed E-state index contributed by atoms with van der Waals surface area (Å²) in [4.78, 5) is 33.4. The van der Waals surface area contributed by atoms with Crippen molar-refractivity contribution >= 4 is 50.1 Å². The number of nitrogens with zero attached hydrogens (tertiary/aromatic N) is 2. The second kappa shape index (κ2) is 7.65. The highest BCUT2D eigenvalue weighted by atomic mass is 32.1. The minimum atomic E-state index is -0.836. The van der Waals surface area contributed by atoms with Crippen LogP contribution in [0.3, 0.4) is 0 Å². The highest BCUT2D eigenvalue weighted by Gasteiger charge is 2.27. The Labute approximate surface area is 164 Å². The molecule has 0 saturated heterocycles. The van der Waals surface area contributed by atoms with E-state index in [-0.39, 0.29) is 24.2 Å². The molecule has 1 aliphatic rings. The number of methoxy groups -OCH3 is 1. The summed E-state index contributed by atoms with van der Waals surface area (Å²) < 4.78 is 6.16. The predicted octanol–water partition coefficient (Wildman–Crippen LogP) is 2.60. The lowest BCUT2D eigenvalue weighted by atomic mass is 10.1. The maximum atomic E-state index is 12.6. The van der Waals surface area contributed by atoms with Crippen molar-refractivity contribution < 1.29 is 14.3 Å². The summed E-state index contributed by atoms with van der Waals surface area (Å²) in [6.45, 7) is 0. The zero-order valence-electron chi connectivity index (χ0n) is 14.9. The second-order valence-electron chi connectivity index (χ2n) is 6.08. The second-order valence-corrected chi connectivity index (χ2v) is 7.11. The molecule has 2 aromatic carbocycles. The summed E-state index contributed by atoms with van der Waals surface area (Å²) >= 11 is 1.44. The molecule has 1 aromatic heterocycles. The van der Waals surface area contributed by atoms with Crippen molar-refractivity contribution in [1.82, 2.24) is 10.3 Å². The lowest BCUT2D eigenvalue weighted by molar-refractivity contribution is -0.124. The van der Waals surface area contributed by atoms with Gasteiger partial charge in [-0.15, -0.1) is 0 Å². The number of rotatable bonds is 4. The number of nitrogens with one attached hydrogen (secondary N) is 3. The fraction of sp³-hybridized carbons (Fsp3) is 0.158. The Morgan fingerprint density at radius 1 is 1.25 bits per heavy atom. The van der Waals surface area contributed by atoms with Crippen molar-refractivity contribution in [3.63, 3.8) is 0 Å². The van der Waals surface area contributed by atoms with Crippen molar-refractivity contribution in [1.29, 1.82) is 0 Å². The van der Waals surface area contributed by atoms with Gasteiger partial charge in [-0.3, -0.25) is 14.9 Å². The van der Waals surface area contributed by atoms with E-state index in [1.807, 2.05) is 24.3 Å². The molecule has 0 radical (unpaired) electrons. The number of para-hydroxylation sites is 1. The number of amides is 2. The Balaban J connectivity index is 1.50. The monoisotopic (exact) mass is 395 g/mol. The van der Waals surface area contributed by atoms with Crippen LogP contribution >= 0.6 is 11.3 Å². The zero-order chi connectivity index (χ0) is 19.5. The van der Waals surface area contributed by atoms with Crippen LogP contribution in [-0.2, 0) is 9.59 Å². The third-order valence-electron chi connectivity index (χ3n) is 4.08. The number of thiazole rings is 1. The van der Waals surface area contributed by atoms with Gasteiger partial charge in [0.25, 0.3) is 0 Å². The molecule has 0 bridgehead atoms. The van der Waals surface area contributed by atoms with Gasteiger partial charge in [-0.1, -0.05) is 29.5 Å². The molecule has 1 atom stereocenters. The minimum Gasteiger partial charge on any atom is -0.497 e. The van der Waals surface area contributed by atoms with Crippen molar-refractivity contribution in [2.24, 2.45) is 4.99 Å². The lowest BCUT2D eigenvalue weighted by Crippen LogP contribution is -2.45. The summed E-state index contributed by atoms with van der Waals surface area (Å²) in [6.07, 6.45) is -0.0270. The first kappa shape index (κ1) is 17.9. The fourth-order valence-electron chi connectivity index (χ4n) is 2.76. The number of anilines is 2. The quantitative estimate of drug-likeness (QED) is 0.630. The molecular weight excluding hydrogens is 378 g/mol. The number of ether oxygens (including phenoxy) is 1. The number of fused-ring (bicyclic) bond motifs is 1. The normalized spacial score (nSPS) is 16.2. The highest BCUT2D eigenvalue weighted by Crippen LogP contribution is 2.25. The Morgan fingerprint density at radius 3 is 2.93 bits per heavy atom. The molecule has 4 rings (SSSR count). The van der Waals surface area contributed by atoms with Gasteiger partial charge in [-0.25, -0.2) is 9.98 Å². The number of guanidine groups is 1. The predicted molar refractivity (Wildman–Crippen MR) is 109 cm³/mol. The SMILES string of the molecule is COc1cccc(NC(=O)[C@@H]2CC(=O)NC(Nc3nc4ccccc4s3)=N2)c1. The third kappa shape index (κ3) is 3.94. The van der Waals surface area contributed by atoms with Gasteiger partial charge in [-0.2, -0.15) is 0 Å². The van der Waals surface area contributed by atoms with Gasteiger partial charge in [0, 0.05) is 11.8 Å². The summed E-state index contributed by atoms with van der Waals surface area (Å²) in [6, 6.07) is 13.9. The van der Waals surface area contributed by atoms with Gasteiger partial charge in [-0.05, 0) is 24.3 Å². The van der Waals surface area contributed by atoms with Gasteiger partial charge in [0.2, 0.25) is 17.8 Å². The maximum Gasteiger partial charge on any atom is 0.249 e. The molecule has 0 unspecified atom stereocenters. The Hall–Kier alpha value is -3.46. The van der Waals surface area contributed by atoms with E-state index in [4.69, 9.17) is 4.74 Å². The third-order valence-corrected chi connectivity index (χ3v) is 5.03. The number of benzene rings is 2. The van der Waals surface area contributed by atoms with E-state index in [1.165, 1.54) is 11.3 Å². The van der Waals surface area contributed by atoms with Gasteiger partial charge in [0.15, 0.2) is 5.13 Å². The summed E-state index contributed by atoms with van der Waals surface area (Å²) in [5.41, 5.74) is 1.43. The first-order valence-electron chi connectivity index (χ1n) is 8.56. The Morgan fingerprint density at radius 2 is 2.11 bits per heavy atom. The Kier molecular flexibility index (Phi) is 4.90. The molecule has 142 valence electrons. The lowest BCUT2D eigenvalue weighted by Gasteiger charge is -2.20. The molecule has 9 heteroatoms. The zero-order valence-corrected chi connectivity index (χ0v) is 15.7. The van der Waals surface area contributed by atoms with Gasteiger partial charge >= 0.3 is 0 Å². The number of carbonyl (C=O) groups excluding carboxylic acids is 2. The molecule has 3 aromatic rings. The van der Waals surface area contributed by atoms with E-state index in [1.54, 1.807) is 31.4 Å². The average Bonchev–Trinajstić information content (AvgIpc) is 3.09. The Bertz CT molecular complexity index is 1050. The van der Waals surface area contributed by atoms with Crippen LogP contribution in [0.25, 0.3) is 10.2 Å². The number of aromatic nitrogens is 1. The van der Waals surface area contributed by atoms with Crippen LogP contribution in [0, 0.1) is 0 Å². The maximum absolute atomic E-state index is 12.6. The van der Waals surface area contributed by atoms with Gasteiger partial charge < -0.3 is 15.4 Å². The summed E-state index contributed by atoms with van der Waals surface area (Å²) in [5, 5.41) is 8.99. The van der Waals surface area contributed by atoms with Crippen molar-refractivity contribution in [2.75, 3.05) is 17.7 Å². The molecule has 3 N–H and O–H groups in total. The molecule has 2 heterocycles. The van der Waals surface area contributed by atoms with Crippen molar-refractivity contribution in [3.8, 4) is 5.75 Å². The molecule has 0 fully saturated rings. The standard InChI is InChI=1S/C19H17N5O3S/c1-27-12-6-4-5-11(9-12)20-17(26)14-10-16(25)23-18(21-14)24-19-22-13-7-2-3-8-15(13)28-19/h2-9,14H,10H2,1H3,(H,20,26)(H2,21,22,23,24,25)/t14-/m0/s1. The molecule has 0 aliphatic carbocycles. The largest absolute Gasteiger partial charge is 0.497 e. The topological polar surface area (TPSA) is 105 Å². The minimum absolute atomic E-state index is 0.0270. The summed E-state index contributed by atoms with van der Waals surface area (Å²) in [5.74, 6) is 0.179. The average molecular weight is 395 g/mol. The van der Waals surface area contributed by atoms with Crippen LogP contribution < -0.4 is 20.7 Å². The number of hydrogen-bond donors (Lipinski definition) is 3. The molecule has 28 heavy (non-hydrogen) atoms. The number of aliphatic imine (C=N–C) groups is 1.